The van der Waals surface area contributed by atoms with Crippen molar-refractivity contribution >= 4 is 24.3 Å². The lowest BCUT2D eigenvalue weighted by Crippen LogP contribution is -2.43. The molecule has 0 aliphatic carbocycles. The first-order valence-electron chi connectivity index (χ1n) is 5.79. The molecule has 0 aliphatic heterocycles. The Hall–Kier alpha value is -1.75. The lowest BCUT2D eigenvalue weighted by Gasteiger charge is -2.12. The van der Waals surface area contributed by atoms with Gasteiger partial charge in [-0.25, -0.2) is 0 Å². The van der Waals surface area contributed by atoms with E-state index in [1.165, 1.54) is 0 Å². The molecule has 1 rings (SSSR count). The van der Waals surface area contributed by atoms with Crippen molar-refractivity contribution in [2.75, 3.05) is 7.11 Å². The lowest BCUT2D eigenvalue weighted by atomic mass is 10.1. The molecule has 106 valence electrons. The highest BCUT2D eigenvalue weighted by Gasteiger charge is 2.09. The summed E-state index contributed by atoms with van der Waals surface area (Å²) in [5.74, 6) is 0.457. The van der Waals surface area contributed by atoms with E-state index in [9.17, 15) is 4.79 Å². The largest absolute Gasteiger partial charge is 0.496 e. The highest BCUT2D eigenvalue weighted by atomic mass is 35.5. The van der Waals surface area contributed by atoms with Crippen molar-refractivity contribution in [3.05, 3.63) is 29.8 Å². The monoisotopic (exact) mass is 285 g/mol. The van der Waals surface area contributed by atoms with Gasteiger partial charge in [0.1, 0.15) is 5.75 Å². The van der Waals surface area contributed by atoms with E-state index >= 15 is 0 Å². The van der Waals surface area contributed by atoms with Gasteiger partial charge in [0.05, 0.1) is 13.5 Å². The summed E-state index contributed by atoms with van der Waals surface area (Å²) in [6.07, 6.45) is 0.187. The molecule has 0 saturated carbocycles. The third-order valence-corrected chi connectivity index (χ3v) is 2.24. The topological polar surface area (TPSA) is 74.2 Å². The number of ether oxygens (including phenoxy) is 1. The average Bonchev–Trinajstić information content (AvgIpc) is 2.28. The van der Waals surface area contributed by atoms with Crippen LogP contribution in [-0.4, -0.2) is 25.0 Å². The standard InChI is InChI=1S/C13H19N3O2.ClH/c1-9(2)15-13(14)16-12(17)8-10-6-4-5-7-11(10)18-3;/h4-7,9H,8H2,1-3H3,(H3,14,15,16,17);1H. The molecule has 19 heavy (non-hydrogen) atoms. The van der Waals surface area contributed by atoms with Crippen molar-refractivity contribution in [2.24, 2.45) is 0 Å². The normalized spacial score (nSPS) is 9.47. The Bertz CT molecular complexity index is 436. The fraction of sp³-hybridized carbons (Fsp3) is 0.385. The summed E-state index contributed by atoms with van der Waals surface area (Å²) in [5, 5.41) is 12.8. The molecule has 0 bridgehead atoms. The number of nitrogens with one attached hydrogen (secondary N) is 3. The average molecular weight is 286 g/mol. The Morgan fingerprint density at radius 2 is 2.00 bits per heavy atom. The van der Waals surface area contributed by atoms with Crippen molar-refractivity contribution < 1.29 is 9.53 Å². The molecule has 3 N–H and O–H groups in total. The summed E-state index contributed by atoms with van der Waals surface area (Å²) in [4.78, 5) is 11.7. The van der Waals surface area contributed by atoms with E-state index in [1.807, 2.05) is 32.0 Å². The minimum Gasteiger partial charge on any atom is -0.496 e. The smallest absolute Gasteiger partial charge is 0.231 e. The van der Waals surface area contributed by atoms with Crippen molar-refractivity contribution in [1.82, 2.24) is 10.6 Å². The van der Waals surface area contributed by atoms with Crippen molar-refractivity contribution in [3.63, 3.8) is 0 Å². The van der Waals surface area contributed by atoms with Crippen molar-refractivity contribution in [3.8, 4) is 5.75 Å². The molecular formula is C13H20ClN3O2. The number of hydrogen-bond acceptors (Lipinski definition) is 3. The number of para-hydroxylation sites is 1. The van der Waals surface area contributed by atoms with Crippen LogP contribution in [0.2, 0.25) is 0 Å². The summed E-state index contributed by atoms with van der Waals surface area (Å²) in [6, 6.07) is 7.45. The van der Waals surface area contributed by atoms with E-state index in [2.05, 4.69) is 10.6 Å². The molecule has 6 heteroatoms. The van der Waals surface area contributed by atoms with E-state index in [0.717, 1.165) is 5.56 Å². The van der Waals surface area contributed by atoms with Gasteiger partial charge in [0.15, 0.2) is 5.96 Å². The highest BCUT2D eigenvalue weighted by molar-refractivity contribution is 5.96. The molecule has 1 amide bonds. The number of hydrogen-bond donors (Lipinski definition) is 3. The van der Waals surface area contributed by atoms with Crippen molar-refractivity contribution in [2.45, 2.75) is 26.3 Å². The summed E-state index contributed by atoms with van der Waals surface area (Å²) in [7, 11) is 1.57. The Labute approximate surface area is 119 Å². The maximum Gasteiger partial charge on any atom is 0.231 e. The molecule has 1 aromatic rings. The van der Waals surface area contributed by atoms with Crippen LogP contribution in [0.3, 0.4) is 0 Å². The van der Waals surface area contributed by atoms with E-state index < -0.39 is 0 Å². The molecule has 0 aliphatic rings. The van der Waals surface area contributed by atoms with Gasteiger partial charge >= 0.3 is 0 Å². The second kappa shape index (κ2) is 8.37. The maximum atomic E-state index is 11.7. The van der Waals surface area contributed by atoms with Crippen LogP contribution >= 0.6 is 12.4 Å². The number of benzene rings is 1. The van der Waals surface area contributed by atoms with Gasteiger partial charge in [-0.15, -0.1) is 12.4 Å². The number of guanidine groups is 1. The second-order valence-corrected chi connectivity index (χ2v) is 4.21. The third-order valence-electron chi connectivity index (χ3n) is 2.24. The van der Waals surface area contributed by atoms with E-state index in [1.54, 1.807) is 13.2 Å². The Morgan fingerprint density at radius 1 is 1.37 bits per heavy atom. The van der Waals surface area contributed by atoms with Gasteiger partial charge in [-0.1, -0.05) is 18.2 Å². The summed E-state index contributed by atoms with van der Waals surface area (Å²) in [5.41, 5.74) is 0.801. The predicted octanol–water partition coefficient (Wildman–Crippen LogP) is 1.71. The van der Waals surface area contributed by atoms with E-state index in [0.29, 0.717) is 5.75 Å². The van der Waals surface area contributed by atoms with Gasteiger partial charge in [0, 0.05) is 11.6 Å². The Kier molecular flexibility index (Phi) is 7.60. The first-order chi connectivity index (χ1) is 8.52. The van der Waals surface area contributed by atoms with Crippen LogP contribution in [-0.2, 0) is 11.2 Å². The Morgan fingerprint density at radius 3 is 2.58 bits per heavy atom. The number of methoxy groups -OCH3 is 1. The van der Waals surface area contributed by atoms with Crippen LogP contribution in [0.25, 0.3) is 0 Å². The second-order valence-electron chi connectivity index (χ2n) is 4.21. The zero-order valence-corrected chi connectivity index (χ0v) is 12.1. The minimum atomic E-state index is -0.238. The van der Waals surface area contributed by atoms with Gasteiger partial charge in [0.2, 0.25) is 5.91 Å². The van der Waals surface area contributed by atoms with Crippen LogP contribution in [0.15, 0.2) is 24.3 Å². The first kappa shape index (κ1) is 17.2. The number of halogens is 1. The molecule has 0 heterocycles. The molecule has 0 aromatic heterocycles. The van der Waals surface area contributed by atoms with Crippen LogP contribution in [0.5, 0.6) is 5.75 Å². The van der Waals surface area contributed by atoms with Gasteiger partial charge in [-0.2, -0.15) is 0 Å². The maximum absolute atomic E-state index is 11.7. The summed E-state index contributed by atoms with van der Waals surface area (Å²) in [6.45, 7) is 3.81. The number of rotatable bonds is 4. The predicted molar refractivity (Wildman–Crippen MR) is 78.1 cm³/mol. The van der Waals surface area contributed by atoms with E-state index in [-0.39, 0.29) is 36.7 Å². The summed E-state index contributed by atoms with van der Waals surface area (Å²) < 4.78 is 5.17. The number of carbonyl (C=O) groups is 1. The SMILES string of the molecule is COc1ccccc1CC(=O)NC(=N)NC(C)C.Cl. The molecule has 1 aromatic carbocycles. The fourth-order valence-electron chi connectivity index (χ4n) is 1.53. The van der Waals surface area contributed by atoms with Crippen LogP contribution in [0, 0.1) is 5.41 Å². The Balaban J connectivity index is 0.00000324. The van der Waals surface area contributed by atoms with E-state index in [4.69, 9.17) is 10.1 Å². The quantitative estimate of drug-likeness (QED) is 0.582. The highest BCUT2D eigenvalue weighted by Crippen LogP contribution is 2.17. The van der Waals surface area contributed by atoms with Crippen molar-refractivity contribution in [1.29, 1.82) is 5.41 Å². The van der Waals surface area contributed by atoms with Gasteiger partial charge < -0.3 is 10.1 Å². The molecule has 0 fully saturated rings. The first-order valence-corrected chi connectivity index (χ1v) is 5.79. The van der Waals surface area contributed by atoms with Gasteiger partial charge in [-0.05, 0) is 19.9 Å². The van der Waals surface area contributed by atoms with Gasteiger partial charge in [-0.3, -0.25) is 15.5 Å². The zero-order chi connectivity index (χ0) is 13.5. The fourth-order valence-corrected chi connectivity index (χ4v) is 1.53. The molecule has 0 spiro atoms. The molecular weight excluding hydrogens is 266 g/mol. The molecule has 0 radical (unpaired) electrons. The number of amides is 1. The third kappa shape index (κ3) is 6.10. The van der Waals surface area contributed by atoms with Crippen LogP contribution < -0.4 is 15.4 Å². The minimum absolute atomic E-state index is 0. The van der Waals surface area contributed by atoms with Crippen LogP contribution in [0.4, 0.5) is 0 Å². The lowest BCUT2D eigenvalue weighted by molar-refractivity contribution is -0.119. The molecule has 0 unspecified atom stereocenters. The zero-order valence-electron chi connectivity index (χ0n) is 11.3. The molecule has 0 saturated heterocycles. The molecule has 5 nitrogen and oxygen atoms in total. The van der Waals surface area contributed by atoms with Gasteiger partial charge in [0.25, 0.3) is 0 Å². The number of carbonyl (C=O) groups excluding carboxylic acids is 1. The summed E-state index contributed by atoms with van der Waals surface area (Å²) >= 11 is 0. The van der Waals surface area contributed by atoms with Crippen LogP contribution in [0.1, 0.15) is 19.4 Å². The molecule has 0 atom stereocenters.